The molecule has 0 atom stereocenters. The normalized spacial score (nSPS) is 12.0. The van der Waals surface area contributed by atoms with E-state index in [0.29, 0.717) is 40.0 Å². The summed E-state index contributed by atoms with van der Waals surface area (Å²) in [7, 11) is 3.15. The summed E-state index contributed by atoms with van der Waals surface area (Å²) < 4.78 is 30.4. The molecule has 0 radical (unpaired) electrons. The molecule has 132 valence electrons. The van der Waals surface area contributed by atoms with E-state index in [9.17, 15) is 4.39 Å². The van der Waals surface area contributed by atoms with Gasteiger partial charge in [0, 0.05) is 17.5 Å². The highest BCUT2D eigenvalue weighted by Crippen LogP contribution is 2.37. The summed E-state index contributed by atoms with van der Waals surface area (Å²) >= 11 is 5.44. The van der Waals surface area contributed by atoms with Crippen LogP contribution in [0.4, 0.5) is 4.39 Å². The molecular weight excluding hydrogens is 355 g/mol. The van der Waals surface area contributed by atoms with Gasteiger partial charge in [-0.05, 0) is 36.4 Å². The van der Waals surface area contributed by atoms with Gasteiger partial charge in [-0.15, -0.1) is 0 Å². The Morgan fingerprint density at radius 2 is 1.92 bits per heavy atom. The smallest absolute Gasteiger partial charge is 0.205 e. The average molecular weight is 370 g/mol. The Balaban J connectivity index is 1.78. The third-order valence-corrected chi connectivity index (χ3v) is 4.57. The number of methoxy groups -OCH3 is 2. The molecule has 0 saturated heterocycles. The van der Waals surface area contributed by atoms with Crippen LogP contribution < -0.4 is 14.2 Å². The fourth-order valence-electron chi connectivity index (χ4n) is 2.93. The molecule has 0 aliphatic carbocycles. The number of benzene rings is 2. The number of nitrogens with one attached hydrogen (secondary N) is 1. The van der Waals surface area contributed by atoms with Gasteiger partial charge in [0.15, 0.2) is 11.5 Å². The van der Waals surface area contributed by atoms with E-state index in [2.05, 4.69) is 9.97 Å². The lowest BCUT2D eigenvalue weighted by Gasteiger charge is -2.20. The summed E-state index contributed by atoms with van der Waals surface area (Å²) in [6, 6.07) is 9.90. The van der Waals surface area contributed by atoms with Gasteiger partial charge in [-0.3, -0.25) is 0 Å². The number of fused-ring (bicyclic) bond motifs is 2. The van der Waals surface area contributed by atoms with Crippen molar-refractivity contribution < 1.29 is 18.6 Å². The van der Waals surface area contributed by atoms with Crippen LogP contribution in [0.15, 0.2) is 36.4 Å². The first-order valence-electron chi connectivity index (χ1n) is 7.91. The Hall–Kier alpha value is -2.93. The lowest BCUT2D eigenvalue weighted by molar-refractivity contribution is 0.355. The second kappa shape index (κ2) is 6.42. The van der Waals surface area contributed by atoms with Gasteiger partial charge in [0.2, 0.25) is 5.88 Å². The van der Waals surface area contributed by atoms with E-state index in [1.54, 1.807) is 26.4 Å². The van der Waals surface area contributed by atoms with Crippen LogP contribution in [0.25, 0.3) is 11.4 Å². The molecule has 0 spiro atoms. The molecule has 0 amide bonds. The van der Waals surface area contributed by atoms with Crippen LogP contribution in [0.2, 0.25) is 0 Å². The molecule has 1 aliphatic heterocycles. The lowest BCUT2D eigenvalue weighted by atomic mass is 10.0. The quantitative estimate of drug-likeness (QED) is 0.532. The molecule has 0 bridgehead atoms. The highest BCUT2D eigenvalue weighted by molar-refractivity contribution is 7.71. The highest BCUT2D eigenvalue weighted by atomic mass is 32.1. The van der Waals surface area contributed by atoms with Crippen molar-refractivity contribution in [3.05, 3.63) is 58.0 Å². The topological polar surface area (TPSA) is 56.4 Å². The van der Waals surface area contributed by atoms with Crippen LogP contribution >= 0.6 is 12.2 Å². The van der Waals surface area contributed by atoms with Gasteiger partial charge < -0.3 is 19.2 Å². The number of H-pyrrole nitrogens is 1. The molecule has 2 aromatic carbocycles. The zero-order valence-corrected chi connectivity index (χ0v) is 14.9. The fraction of sp³-hybridized carbons (Fsp3) is 0.158. The fourth-order valence-corrected chi connectivity index (χ4v) is 3.18. The van der Waals surface area contributed by atoms with Gasteiger partial charge in [0.1, 0.15) is 22.0 Å². The molecule has 0 saturated carbocycles. The van der Waals surface area contributed by atoms with E-state index >= 15 is 0 Å². The first kappa shape index (κ1) is 16.5. The summed E-state index contributed by atoms with van der Waals surface area (Å²) in [5.41, 5.74) is 2.27. The second-order valence-electron chi connectivity index (χ2n) is 5.80. The molecule has 3 aromatic rings. The van der Waals surface area contributed by atoms with Gasteiger partial charge in [0.05, 0.1) is 19.8 Å². The molecule has 0 unspecified atom stereocenters. The highest BCUT2D eigenvalue weighted by Gasteiger charge is 2.21. The summed E-state index contributed by atoms with van der Waals surface area (Å²) in [5, 5.41) is 0. The van der Waals surface area contributed by atoms with E-state index in [4.69, 9.17) is 26.4 Å². The number of ether oxygens (including phenoxy) is 3. The molecule has 0 fully saturated rings. The molecule has 1 aromatic heterocycles. The number of aromatic nitrogens is 2. The average Bonchev–Trinajstić information content (AvgIpc) is 2.66. The van der Waals surface area contributed by atoms with Crippen molar-refractivity contribution in [2.75, 3.05) is 14.2 Å². The minimum atomic E-state index is -0.305. The van der Waals surface area contributed by atoms with Crippen LogP contribution in [0.1, 0.15) is 11.1 Å². The van der Waals surface area contributed by atoms with Crippen molar-refractivity contribution >= 4 is 12.2 Å². The number of hydrogen-bond acceptors (Lipinski definition) is 5. The molecule has 1 aliphatic rings. The standard InChI is InChI=1S/C19H15FN2O3S/c1-23-15-5-3-10(9-16(15)24-2)17-21-18-13(19(26)22-17)8-11-7-12(20)4-6-14(11)25-18/h3-7,9H,8H2,1-2H3,(H,21,22,26). The Labute approximate surface area is 154 Å². The summed E-state index contributed by atoms with van der Waals surface area (Å²) in [6.07, 6.45) is 0.469. The SMILES string of the molecule is COc1ccc(-c2nc(=S)c3c([nH]2)Oc2ccc(F)cc2C3)cc1OC. The van der Waals surface area contributed by atoms with E-state index < -0.39 is 0 Å². The first-order chi connectivity index (χ1) is 12.6. The number of rotatable bonds is 3. The zero-order valence-electron chi connectivity index (χ0n) is 14.1. The maximum absolute atomic E-state index is 13.5. The van der Waals surface area contributed by atoms with Crippen molar-refractivity contribution in [1.82, 2.24) is 9.97 Å². The van der Waals surface area contributed by atoms with Gasteiger partial charge in [0.25, 0.3) is 0 Å². The van der Waals surface area contributed by atoms with Crippen molar-refractivity contribution in [3.63, 3.8) is 0 Å². The maximum atomic E-state index is 13.5. The largest absolute Gasteiger partial charge is 0.493 e. The summed E-state index contributed by atoms with van der Waals surface area (Å²) in [5.74, 6) is 2.59. The Bertz CT molecular complexity index is 1070. The van der Waals surface area contributed by atoms with Crippen LogP contribution in [-0.2, 0) is 6.42 Å². The maximum Gasteiger partial charge on any atom is 0.205 e. The second-order valence-corrected chi connectivity index (χ2v) is 6.19. The summed E-state index contributed by atoms with van der Waals surface area (Å²) in [6.45, 7) is 0. The van der Waals surface area contributed by atoms with E-state index in [1.165, 1.54) is 12.1 Å². The zero-order chi connectivity index (χ0) is 18.3. The Morgan fingerprint density at radius 3 is 2.69 bits per heavy atom. The van der Waals surface area contributed by atoms with Crippen molar-refractivity contribution in [3.8, 4) is 34.5 Å². The van der Waals surface area contributed by atoms with Crippen LogP contribution in [-0.4, -0.2) is 24.2 Å². The Kier molecular flexibility index (Phi) is 4.08. The van der Waals surface area contributed by atoms with Crippen LogP contribution in [0.5, 0.6) is 23.1 Å². The van der Waals surface area contributed by atoms with Crippen LogP contribution in [0.3, 0.4) is 0 Å². The third-order valence-electron chi connectivity index (χ3n) is 4.24. The predicted octanol–water partition coefficient (Wildman–Crippen LogP) is 4.66. The first-order valence-corrected chi connectivity index (χ1v) is 8.31. The van der Waals surface area contributed by atoms with Gasteiger partial charge in [-0.25, -0.2) is 9.37 Å². The minimum Gasteiger partial charge on any atom is -0.493 e. The monoisotopic (exact) mass is 370 g/mol. The molecule has 4 rings (SSSR count). The predicted molar refractivity (Wildman–Crippen MR) is 97.2 cm³/mol. The van der Waals surface area contributed by atoms with Crippen molar-refractivity contribution in [2.45, 2.75) is 6.42 Å². The van der Waals surface area contributed by atoms with E-state index in [1.807, 2.05) is 12.1 Å². The number of nitrogens with zero attached hydrogens (tertiary/aromatic N) is 1. The summed E-state index contributed by atoms with van der Waals surface area (Å²) in [4.78, 5) is 7.65. The van der Waals surface area contributed by atoms with E-state index in [-0.39, 0.29) is 5.82 Å². The number of hydrogen-bond donors (Lipinski definition) is 1. The van der Waals surface area contributed by atoms with Crippen molar-refractivity contribution in [1.29, 1.82) is 0 Å². The molecule has 2 heterocycles. The van der Waals surface area contributed by atoms with Gasteiger partial charge in [-0.1, -0.05) is 12.2 Å². The lowest BCUT2D eigenvalue weighted by Crippen LogP contribution is -2.08. The van der Waals surface area contributed by atoms with Crippen LogP contribution in [0, 0.1) is 10.5 Å². The van der Waals surface area contributed by atoms with Crippen molar-refractivity contribution in [2.24, 2.45) is 0 Å². The molecule has 5 nitrogen and oxygen atoms in total. The number of halogens is 1. The molecule has 7 heteroatoms. The van der Waals surface area contributed by atoms with Gasteiger partial charge in [-0.2, -0.15) is 0 Å². The number of aromatic amines is 1. The molecule has 1 N–H and O–H groups in total. The molecule has 26 heavy (non-hydrogen) atoms. The van der Waals surface area contributed by atoms with E-state index in [0.717, 1.165) is 16.7 Å². The third kappa shape index (κ3) is 2.80. The Morgan fingerprint density at radius 1 is 1.12 bits per heavy atom. The van der Waals surface area contributed by atoms with Gasteiger partial charge >= 0.3 is 0 Å². The minimum absolute atomic E-state index is 0.305. The molecular formula is C19H15FN2O3S.